The normalized spacial score (nSPS) is 10.2. The summed E-state index contributed by atoms with van der Waals surface area (Å²) in [6, 6.07) is 8.26. The molecule has 1 aromatic carbocycles. The Kier molecular flexibility index (Phi) is 5.45. The predicted molar refractivity (Wildman–Crippen MR) is 86.6 cm³/mol. The summed E-state index contributed by atoms with van der Waals surface area (Å²) < 4.78 is 0. The summed E-state index contributed by atoms with van der Waals surface area (Å²) >= 11 is 3.37. The zero-order valence-electron chi connectivity index (χ0n) is 11.6. The van der Waals surface area contributed by atoms with Crippen LogP contribution in [0.5, 0.6) is 0 Å². The van der Waals surface area contributed by atoms with Gasteiger partial charge >= 0.3 is 0 Å². The average molecular weight is 303 g/mol. The topological polar surface area (TPSA) is 48.7 Å². The molecule has 0 aliphatic carbocycles. The number of rotatable bonds is 6. The molecule has 0 atom stereocenters. The highest BCUT2D eigenvalue weighted by atomic mass is 32.2. The quantitative estimate of drug-likeness (QED) is 0.817. The minimum Gasteiger partial charge on any atom is -0.384 e. The van der Waals surface area contributed by atoms with E-state index in [0.29, 0.717) is 0 Å². The smallest absolute Gasteiger partial charge is 0.102 e. The lowest BCUT2D eigenvalue weighted by Gasteiger charge is -2.10. The molecule has 0 radical (unpaired) electrons. The second kappa shape index (κ2) is 7.32. The first-order valence-corrected chi connectivity index (χ1v) is 8.42. The van der Waals surface area contributed by atoms with Crippen molar-refractivity contribution in [2.75, 3.05) is 17.6 Å². The van der Waals surface area contributed by atoms with E-state index >= 15 is 0 Å². The largest absolute Gasteiger partial charge is 0.384 e. The minimum absolute atomic E-state index is 0.744. The number of hydrogen-bond acceptors (Lipinski definition) is 5. The van der Waals surface area contributed by atoms with Crippen molar-refractivity contribution in [1.29, 1.82) is 5.26 Å². The SMILES string of the molecule is CCSc1cccc(NCCc2csc(C)n2)c1C#N. The number of anilines is 1. The highest BCUT2D eigenvalue weighted by Gasteiger charge is 2.07. The van der Waals surface area contributed by atoms with Gasteiger partial charge in [0.1, 0.15) is 6.07 Å². The number of nitriles is 1. The van der Waals surface area contributed by atoms with E-state index in [1.807, 2.05) is 25.1 Å². The van der Waals surface area contributed by atoms with Gasteiger partial charge in [0, 0.05) is 23.2 Å². The van der Waals surface area contributed by atoms with Gasteiger partial charge in [0.2, 0.25) is 0 Å². The Bertz CT molecular complexity index is 614. The molecular formula is C15H17N3S2. The minimum atomic E-state index is 0.744. The molecule has 0 unspecified atom stereocenters. The van der Waals surface area contributed by atoms with Crippen LogP contribution in [-0.4, -0.2) is 17.3 Å². The first-order chi connectivity index (χ1) is 9.74. The number of aromatic nitrogens is 1. The van der Waals surface area contributed by atoms with Crippen LogP contribution in [0.25, 0.3) is 0 Å². The van der Waals surface area contributed by atoms with Crippen LogP contribution >= 0.6 is 23.1 Å². The maximum absolute atomic E-state index is 9.33. The molecule has 0 amide bonds. The fourth-order valence-corrected chi connectivity index (χ4v) is 3.35. The fourth-order valence-electron chi connectivity index (χ4n) is 1.92. The molecule has 1 N–H and O–H groups in total. The highest BCUT2D eigenvalue weighted by Crippen LogP contribution is 2.27. The van der Waals surface area contributed by atoms with Crippen molar-refractivity contribution >= 4 is 28.8 Å². The summed E-state index contributed by atoms with van der Waals surface area (Å²) in [5.74, 6) is 0.968. The summed E-state index contributed by atoms with van der Waals surface area (Å²) in [5, 5.41) is 15.9. The molecule has 0 aliphatic rings. The number of nitrogens with zero attached hydrogens (tertiary/aromatic N) is 2. The van der Waals surface area contributed by atoms with Crippen LogP contribution < -0.4 is 5.32 Å². The summed E-state index contributed by atoms with van der Waals surface area (Å²) in [7, 11) is 0. The van der Waals surface area contributed by atoms with Crippen molar-refractivity contribution in [1.82, 2.24) is 4.98 Å². The van der Waals surface area contributed by atoms with E-state index in [2.05, 4.69) is 28.7 Å². The second-order valence-corrected chi connectivity index (χ2v) is 6.63. The third-order valence-corrected chi connectivity index (χ3v) is 4.56. The summed E-state index contributed by atoms with van der Waals surface area (Å²) in [6.07, 6.45) is 0.875. The summed E-state index contributed by atoms with van der Waals surface area (Å²) in [5.41, 5.74) is 2.77. The van der Waals surface area contributed by atoms with Gasteiger partial charge in [-0.1, -0.05) is 13.0 Å². The molecule has 0 saturated carbocycles. The van der Waals surface area contributed by atoms with E-state index in [-0.39, 0.29) is 0 Å². The van der Waals surface area contributed by atoms with Crippen LogP contribution in [0.2, 0.25) is 0 Å². The van der Waals surface area contributed by atoms with E-state index in [9.17, 15) is 5.26 Å². The molecule has 2 rings (SSSR count). The zero-order chi connectivity index (χ0) is 14.4. The zero-order valence-corrected chi connectivity index (χ0v) is 13.3. The predicted octanol–water partition coefficient (Wildman–Crippen LogP) is 4.09. The molecule has 0 saturated heterocycles. The molecule has 1 aromatic heterocycles. The van der Waals surface area contributed by atoms with Crippen LogP contribution in [0.3, 0.4) is 0 Å². The third-order valence-electron chi connectivity index (χ3n) is 2.80. The number of thioether (sulfide) groups is 1. The fraction of sp³-hybridized carbons (Fsp3) is 0.333. The van der Waals surface area contributed by atoms with Gasteiger partial charge in [-0.15, -0.1) is 23.1 Å². The first kappa shape index (κ1) is 14.9. The van der Waals surface area contributed by atoms with Crippen LogP contribution in [0.1, 0.15) is 23.2 Å². The van der Waals surface area contributed by atoms with E-state index in [1.165, 1.54) is 0 Å². The van der Waals surface area contributed by atoms with Crippen molar-refractivity contribution < 1.29 is 0 Å². The summed E-state index contributed by atoms with van der Waals surface area (Å²) in [6.45, 7) is 4.90. The molecule has 20 heavy (non-hydrogen) atoms. The van der Waals surface area contributed by atoms with E-state index in [4.69, 9.17) is 0 Å². The number of hydrogen-bond donors (Lipinski definition) is 1. The van der Waals surface area contributed by atoms with Gasteiger partial charge in [0.15, 0.2) is 0 Å². The van der Waals surface area contributed by atoms with Gasteiger partial charge in [0.25, 0.3) is 0 Å². The lowest BCUT2D eigenvalue weighted by molar-refractivity contribution is 0.967. The average Bonchev–Trinajstić information content (AvgIpc) is 2.85. The number of benzene rings is 1. The maximum atomic E-state index is 9.33. The van der Waals surface area contributed by atoms with Gasteiger partial charge in [-0.2, -0.15) is 5.26 Å². The Morgan fingerprint density at radius 2 is 2.30 bits per heavy atom. The van der Waals surface area contributed by atoms with Crippen LogP contribution in [0, 0.1) is 18.3 Å². The van der Waals surface area contributed by atoms with Gasteiger partial charge in [-0.05, 0) is 24.8 Å². The molecule has 0 spiro atoms. The highest BCUT2D eigenvalue weighted by molar-refractivity contribution is 7.99. The van der Waals surface area contributed by atoms with Crippen molar-refractivity contribution in [3.8, 4) is 6.07 Å². The third kappa shape index (κ3) is 3.75. The standard InChI is InChI=1S/C15H17N3S2/c1-3-19-15-6-4-5-14(13(15)9-16)17-8-7-12-10-20-11(2)18-12/h4-6,10,17H,3,7-8H2,1-2H3. The Labute approximate surface area is 128 Å². The van der Waals surface area contributed by atoms with Crippen molar-refractivity contribution in [3.05, 3.63) is 39.8 Å². The van der Waals surface area contributed by atoms with Crippen molar-refractivity contribution in [2.24, 2.45) is 0 Å². The van der Waals surface area contributed by atoms with Crippen LogP contribution in [-0.2, 0) is 6.42 Å². The Morgan fingerprint density at radius 1 is 1.45 bits per heavy atom. The van der Waals surface area contributed by atoms with Gasteiger partial charge in [-0.25, -0.2) is 4.98 Å². The van der Waals surface area contributed by atoms with Crippen molar-refractivity contribution in [3.63, 3.8) is 0 Å². The second-order valence-electron chi connectivity index (χ2n) is 4.26. The lowest BCUT2D eigenvalue weighted by atomic mass is 10.2. The molecule has 104 valence electrons. The molecular weight excluding hydrogens is 286 g/mol. The number of nitrogens with one attached hydrogen (secondary N) is 1. The molecule has 5 heteroatoms. The Balaban J connectivity index is 2.02. The monoisotopic (exact) mass is 303 g/mol. The van der Waals surface area contributed by atoms with Crippen LogP contribution in [0.15, 0.2) is 28.5 Å². The maximum Gasteiger partial charge on any atom is 0.102 e. The Morgan fingerprint density at radius 3 is 2.95 bits per heavy atom. The molecule has 0 fully saturated rings. The van der Waals surface area contributed by atoms with E-state index < -0.39 is 0 Å². The lowest BCUT2D eigenvalue weighted by Crippen LogP contribution is -2.07. The molecule has 0 bridgehead atoms. The van der Waals surface area contributed by atoms with Crippen molar-refractivity contribution in [2.45, 2.75) is 25.2 Å². The molecule has 0 aliphatic heterocycles. The number of thiazole rings is 1. The van der Waals surface area contributed by atoms with Gasteiger partial charge < -0.3 is 5.32 Å². The molecule has 3 nitrogen and oxygen atoms in total. The van der Waals surface area contributed by atoms with E-state index in [0.717, 1.165) is 45.6 Å². The number of aryl methyl sites for hydroxylation is 1. The summed E-state index contributed by atoms with van der Waals surface area (Å²) in [4.78, 5) is 5.49. The molecule has 2 aromatic rings. The van der Waals surface area contributed by atoms with E-state index in [1.54, 1.807) is 23.1 Å². The Hall–Kier alpha value is -1.51. The van der Waals surface area contributed by atoms with Gasteiger partial charge in [0.05, 0.1) is 22.0 Å². The van der Waals surface area contributed by atoms with Gasteiger partial charge in [-0.3, -0.25) is 0 Å². The van der Waals surface area contributed by atoms with Crippen LogP contribution in [0.4, 0.5) is 5.69 Å². The molecule has 1 heterocycles. The first-order valence-electron chi connectivity index (χ1n) is 6.55.